The fourth-order valence-electron chi connectivity index (χ4n) is 3.61. The Morgan fingerprint density at radius 3 is 2.76 bits per heavy atom. The predicted molar refractivity (Wildman–Crippen MR) is 99.8 cm³/mol. The van der Waals surface area contributed by atoms with E-state index in [1.165, 1.54) is 0 Å². The van der Waals surface area contributed by atoms with Crippen LogP contribution in [-0.4, -0.2) is 58.7 Å². The minimum absolute atomic E-state index is 0.144. The van der Waals surface area contributed by atoms with Gasteiger partial charge in [0.05, 0.1) is 6.04 Å². The fourth-order valence-corrected chi connectivity index (χ4v) is 3.61. The lowest BCUT2D eigenvalue weighted by atomic mass is 10.0. The quantitative estimate of drug-likeness (QED) is 0.850. The third kappa shape index (κ3) is 3.76. The molecule has 0 saturated carbocycles. The molecule has 2 heterocycles. The van der Waals surface area contributed by atoms with Crippen molar-refractivity contribution >= 4 is 22.6 Å². The fraction of sp³-hybridized carbons (Fsp3) is 0.500. The maximum absolute atomic E-state index is 13.0. The van der Waals surface area contributed by atoms with Gasteiger partial charge in [-0.1, -0.05) is 25.1 Å². The number of H-pyrrole nitrogens is 1. The van der Waals surface area contributed by atoms with Gasteiger partial charge in [-0.3, -0.25) is 14.5 Å². The number of ketones is 1. The zero-order valence-electron chi connectivity index (χ0n) is 15.1. The molecule has 1 N–H and O–H groups in total. The molecule has 0 bridgehead atoms. The highest BCUT2D eigenvalue weighted by atomic mass is 16.2. The molecule has 0 unspecified atom stereocenters. The highest BCUT2D eigenvalue weighted by molar-refractivity contribution is 6.10. The normalized spacial score (nSPS) is 17.4. The van der Waals surface area contributed by atoms with E-state index in [0.717, 1.165) is 48.9 Å². The summed E-state index contributed by atoms with van der Waals surface area (Å²) < 4.78 is 0. The lowest BCUT2D eigenvalue weighted by Gasteiger charge is -2.26. The Labute approximate surface area is 149 Å². The zero-order valence-corrected chi connectivity index (χ0v) is 15.1. The molecule has 1 amide bonds. The molecule has 134 valence electrons. The first-order valence-electron chi connectivity index (χ1n) is 9.24. The van der Waals surface area contributed by atoms with Gasteiger partial charge in [0.2, 0.25) is 5.91 Å². The monoisotopic (exact) mass is 341 g/mol. The molecule has 0 radical (unpaired) electrons. The molecule has 1 atom stereocenters. The molecule has 1 aliphatic heterocycles. The number of rotatable bonds is 5. The summed E-state index contributed by atoms with van der Waals surface area (Å²) >= 11 is 0. The van der Waals surface area contributed by atoms with Crippen molar-refractivity contribution in [1.29, 1.82) is 0 Å². The molecule has 2 aromatic rings. The number of aromatic nitrogens is 1. The average Bonchev–Trinajstić information content (AvgIpc) is 2.89. The van der Waals surface area contributed by atoms with Crippen molar-refractivity contribution in [3.63, 3.8) is 0 Å². The number of carbonyl (C=O) groups is 2. The molecule has 1 aliphatic rings. The van der Waals surface area contributed by atoms with E-state index in [1.54, 1.807) is 0 Å². The number of carbonyl (C=O) groups excluding carboxylic acids is 2. The van der Waals surface area contributed by atoms with Gasteiger partial charge in [-0.05, 0) is 25.8 Å². The maximum Gasteiger partial charge on any atom is 0.222 e. The van der Waals surface area contributed by atoms with Crippen LogP contribution < -0.4 is 0 Å². The average molecular weight is 341 g/mol. The molecular formula is C20H27N3O2. The number of benzene rings is 1. The molecule has 1 aromatic heterocycles. The second-order valence-corrected chi connectivity index (χ2v) is 6.81. The Hall–Kier alpha value is -2.14. The van der Waals surface area contributed by atoms with Crippen LogP contribution in [0.2, 0.25) is 0 Å². The lowest BCUT2D eigenvalue weighted by Crippen LogP contribution is -2.42. The summed E-state index contributed by atoms with van der Waals surface area (Å²) in [6.07, 6.45) is 4.23. The van der Waals surface area contributed by atoms with E-state index in [2.05, 4.69) is 9.88 Å². The maximum atomic E-state index is 13.0. The highest BCUT2D eigenvalue weighted by Crippen LogP contribution is 2.21. The van der Waals surface area contributed by atoms with Crippen LogP contribution in [0.25, 0.3) is 10.9 Å². The van der Waals surface area contributed by atoms with Gasteiger partial charge in [0.1, 0.15) is 0 Å². The van der Waals surface area contributed by atoms with Crippen LogP contribution in [0.5, 0.6) is 0 Å². The van der Waals surface area contributed by atoms with E-state index in [-0.39, 0.29) is 17.7 Å². The Kier molecular flexibility index (Phi) is 5.53. The Morgan fingerprint density at radius 2 is 1.96 bits per heavy atom. The Morgan fingerprint density at radius 1 is 1.16 bits per heavy atom. The van der Waals surface area contributed by atoms with E-state index in [0.29, 0.717) is 13.0 Å². The van der Waals surface area contributed by atoms with Crippen molar-refractivity contribution in [1.82, 2.24) is 14.8 Å². The largest absolute Gasteiger partial charge is 0.360 e. The molecule has 1 fully saturated rings. The van der Waals surface area contributed by atoms with Crippen LogP contribution in [0.4, 0.5) is 0 Å². The number of hydrogen-bond donors (Lipinski definition) is 1. The standard InChI is InChI=1S/C20H27N3O2/c1-3-7-19(24)23-11-6-10-22(12-13-23)15(2)20(25)17-14-21-18-9-5-4-8-16(17)18/h4-5,8-9,14-15,21H,3,6-7,10-13H2,1-2H3/t15-/m0/s1. The zero-order chi connectivity index (χ0) is 17.8. The van der Waals surface area contributed by atoms with Crippen molar-refractivity contribution in [2.45, 2.75) is 39.2 Å². The van der Waals surface area contributed by atoms with Crippen LogP contribution >= 0.6 is 0 Å². The van der Waals surface area contributed by atoms with Crippen molar-refractivity contribution < 1.29 is 9.59 Å². The number of Topliss-reactive ketones (excluding diaryl/α,β-unsaturated/α-hetero) is 1. The molecule has 25 heavy (non-hydrogen) atoms. The first-order valence-corrected chi connectivity index (χ1v) is 9.24. The van der Waals surface area contributed by atoms with Gasteiger partial charge in [-0.15, -0.1) is 0 Å². The molecule has 5 nitrogen and oxygen atoms in total. The van der Waals surface area contributed by atoms with Crippen LogP contribution in [0.15, 0.2) is 30.5 Å². The number of fused-ring (bicyclic) bond motifs is 1. The summed E-state index contributed by atoms with van der Waals surface area (Å²) in [4.78, 5) is 32.5. The van der Waals surface area contributed by atoms with Gasteiger partial charge in [0, 0.05) is 55.3 Å². The summed E-state index contributed by atoms with van der Waals surface area (Å²) in [5, 5.41) is 0.980. The van der Waals surface area contributed by atoms with Crippen molar-refractivity contribution in [3.05, 3.63) is 36.0 Å². The van der Waals surface area contributed by atoms with Gasteiger partial charge in [-0.25, -0.2) is 0 Å². The molecular weight excluding hydrogens is 314 g/mol. The predicted octanol–water partition coefficient (Wildman–Crippen LogP) is 3.07. The van der Waals surface area contributed by atoms with Crippen LogP contribution in [0.3, 0.4) is 0 Å². The van der Waals surface area contributed by atoms with Crippen molar-refractivity contribution in [2.24, 2.45) is 0 Å². The molecule has 3 rings (SSSR count). The van der Waals surface area contributed by atoms with Crippen molar-refractivity contribution in [2.75, 3.05) is 26.2 Å². The molecule has 0 spiro atoms. The summed E-state index contributed by atoms with van der Waals surface area (Å²) in [5.74, 6) is 0.380. The van der Waals surface area contributed by atoms with Gasteiger partial charge < -0.3 is 9.88 Å². The topological polar surface area (TPSA) is 56.4 Å². The van der Waals surface area contributed by atoms with Gasteiger partial charge >= 0.3 is 0 Å². The van der Waals surface area contributed by atoms with Crippen LogP contribution in [0.1, 0.15) is 43.5 Å². The lowest BCUT2D eigenvalue weighted by molar-refractivity contribution is -0.131. The Bertz CT molecular complexity index is 752. The van der Waals surface area contributed by atoms with Crippen LogP contribution in [0, 0.1) is 0 Å². The minimum atomic E-state index is -0.180. The molecule has 0 aliphatic carbocycles. The molecule has 1 saturated heterocycles. The van der Waals surface area contributed by atoms with E-state index in [9.17, 15) is 9.59 Å². The first-order chi connectivity index (χ1) is 12.1. The van der Waals surface area contributed by atoms with E-state index in [4.69, 9.17) is 0 Å². The molecule has 5 heteroatoms. The highest BCUT2D eigenvalue weighted by Gasteiger charge is 2.27. The number of para-hydroxylation sites is 1. The van der Waals surface area contributed by atoms with Gasteiger partial charge in [-0.2, -0.15) is 0 Å². The Balaban J connectivity index is 1.69. The summed E-state index contributed by atoms with van der Waals surface area (Å²) in [7, 11) is 0. The van der Waals surface area contributed by atoms with Crippen molar-refractivity contribution in [3.8, 4) is 0 Å². The second kappa shape index (κ2) is 7.83. The van der Waals surface area contributed by atoms with E-state index in [1.807, 2.05) is 49.2 Å². The second-order valence-electron chi connectivity index (χ2n) is 6.81. The summed E-state index contributed by atoms with van der Waals surface area (Å²) in [6, 6.07) is 7.72. The number of hydrogen-bond acceptors (Lipinski definition) is 3. The number of amides is 1. The third-order valence-electron chi connectivity index (χ3n) is 5.13. The minimum Gasteiger partial charge on any atom is -0.360 e. The van der Waals surface area contributed by atoms with Crippen LogP contribution in [-0.2, 0) is 4.79 Å². The molecule has 1 aromatic carbocycles. The first kappa shape index (κ1) is 17.7. The van der Waals surface area contributed by atoms with E-state index >= 15 is 0 Å². The summed E-state index contributed by atoms with van der Waals surface area (Å²) in [5.41, 5.74) is 1.75. The van der Waals surface area contributed by atoms with Gasteiger partial charge in [0.25, 0.3) is 0 Å². The smallest absolute Gasteiger partial charge is 0.222 e. The summed E-state index contributed by atoms with van der Waals surface area (Å²) in [6.45, 7) is 7.13. The SMILES string of the molecule is CCCC(=O)N1CCCN([C@@H](C)C(=O)c2c[nH]c3ccccc23)CC1. The number of nitrogens with one attached hydrogen (secondary N) is 1. The van der Waals surface area contributed by atoms with Gasteiger partial charge in [0.15, 0.2) is 5.78 Å². The number of aromatic amines is 1. The third-order valence-corrected chi connectivity index (χ3v) is 5.13. The number of nitrogens with zero attached hydrogens (tertiary/aromatic N) is 2. The van der Waals surface area contributed by atoms with E-state index < -0.39 is 0 Å².